The number of rotatable bonds is 8. The minimum absolute atomic E-state index is 0.138. The molecule has 1 fully saturated rings. The zero-order valence-electron chi connectivity index (χ0n) is 15.2. The molecule has 8 nitrogen and oxygen atoms in total. The summed E-state index contributed by atoms with van der Waals surface area (Å²) in [6, 6.07) is 3.52. The molecule has 0 saturated carbocycles. The first-order chi connectivity index (χ1) is 12.9. The van der Waals surface area contributed by atoms with Gasteiger partial charge in [-0.2, -0.15) is 8.78 Å². The highest BCUT2D eigenvalue weighted by molar-refractivity contribution is 5.98. The first-order valence-corrected chi connectivity index (χ1v) is 8.50. The van der Waals surface area contributed by atoms with Crippen LogP contribution in [0, 0.1) is 0 Å². The average molecular weight is 385 g/mol. The predicted molar refractivity (Wildman–Crippen MR) is 96.2 cm³/mol. The third-order valence-electron chi connectivity index (χ3n) is 4.25. The highest BCUT2D eigenvalue weighted by Crippen LogP contribution is 2.33. The third kappa shape index (κ3) is 5.34. The van der Waals surface area contributed by atoms with Gasteiger partial charge < -0.3 is 25.4 Å². The molecule has 27 heavy (non-hydrogen) atoms. The molecule has 2 rings (SSSR count). The van der Waals surface area contributed by atoms with Gasteiger partial charge in [-0.3, -0.25) is 14.5 Å². The van der Waals surface area contributed by atoms with E-state index >= 15 is 0 Å². The number of carbonyl (C=O) groups excluding carboxylic acids is 2. The van der Waals surface area contributed by atoms with Crippen molar-refractivity contribution >= 4 is 23.2 Å². The van der Waals surface area contributed by atoms with E-state index in [0.717, 1.165) is 0 Å². The topological polar surface area (TPSA) is 94.9 Å². The van der Waals surface area contributed by atoms with Crippen LogP contribution in [0.3, 0.4) is 0 Å². The molecule has 10 heteroatoms. The lowest BCUT2D eigenvalue weighted by Gasteiger charge is -2.29. The van der Waals surface area contributed by atoms with Crippen LogP contribution in [0.25, 0.3) is 5.73 Å². The van der Waals surface area contributed by atoms with E-state index in [2.05, 4.69) is 10.1 Å². The van der Waals surface area contributed by atoms with Crippen LogP contribution in [0.2, 0.25) is 0 Å². The van der Waals surface area contributed by atoms with Crippen molar-refractivity contribution in [2.24, 2.45) is 0 Å². The van der Waals surface area contributed by atoms with Crippen molar-refractivity contribution in [2.45, 2.75) is 19.6 Å². The van der Waals surface area contributed by atoms with Crippen molar-refractivity contribution in [2.75, 3.05) is 50.1 Å². The SMILES string of the molecule is CCN(C)[C@H](C[NH-])C(=O)Nc1ccc(N2CCOCC2=O)c(OC(F)F)c1. The zero-order valence-corrected chi connectivity index (χ0v) is 15.2. The second kappa shape index (κ2) is 9.58. The summed E-state index contributed by atoms with van der Waals surface area (Å²) >= 11 is 0. The van der Waals surface area contributed by atoms with Crippen molar-refractivity contribution in [1.29, 1.82) is 0 Å². The number of nitrogens with one attached hydrogen (secondary N) is 2. The maximum absolute atomic E-state index is 12.8. The second-order valence-electron chi connectivity index (χ2n) is 5.94. The third-order valence-corrected chi connectivity index (χ3v) is 4.25. The molecular weight excluding hydrogens is 362 g/mol. The van der Waals surface area contributed by atoms with Crippen LogP contribution in [0.4, 0.5) is 20.2 Å². The lowest BCUT2D eigenvalue weighted by Crippen LogP contribution is -2.43. The normalized spacial score (nSPS) is 16.0. The monoisotopic (exact) mass is 385 g/mol. The number of morpholine rings is 1. The molecule has 1 aromatic rings. The van der Waals surface area contributed by atoms with Gasteiger partial charge in [-0.1, -0.05) is 6.92 Å². The molecule has 0 spiro atoms. The fourth-order valence-corrected chi connectivity index (χ4v) is 2.67. The Morgan fingerprint density at radius 1 is 1.48 bits per heavy atom. The van der Waals surface area contributed by atoms with Gasteiger partial charge in [-0.15, -0.1) is 6.54 Å². The van der Waals surface area contributed by atoms with E-state index in [9.17, 15) is 18.4 Å². The van der Waals surface area contributed by atoms with Gasteiger partial charge in [0.15, 0.2) is 5.75 Å². The van der Waals surface area contributed by atoms with Gasteiger partial charge in [0.25, 0.3) is 5.91 Å². The predicted octanol–water partition coefficient (Wildman–Crippen LogP) is 1.96. The number of amides is 2. The van der Waals surface area contributed by atoms with Gasteiger partial charge >= 0.3 is 6.61 Å². The quantitative estimate of drug-likeness (QED) is 0.738. The molecule has 0 unspecified atom stereocenters. The number of anilines is 2. The smallest absolute Gasteiger partial charge is 0.387 e. The minimum atomic E-state index is -3.09. The van der Waals surface area contributed by atoms with Crippen LogP contribution in [0.5, 0.6) is 5.75 Å². The van der Waals surface area contributed by atoms with Gasteiger partial charge in [-0.05, 0) is 25.7 Å². The van der Waals surface area contributed by atoms with Crippen molar-refractivity contribution < 1.29 is 27.8 Å². The zero-order chi connectivity index (χ0) is 20.0. The Kier molecular flexibility index (Phi) is 7.45. The van der Waals surface area contributed by atoms with Gasteiger partial charge in [0.05, 0.1) is 18.3 Å². The summed E-state index contributed by atoms with van der Waals surface area (Å²) in [5.41, 5.74) is 7.96. The molecule has 2 amide bonds. The summed E-state index contributed by atoms with van der Waals surface area (Å²) in [6.45, 7) is -0.428. The highest BCUT2D eigenvalue weighted by Gasteiger charge is 2.25. The molecule has 0 aliphatic carbocycles. The van der Waals surface area contributed by atoms with Crippen LogP contribution in [-0.2, 0) is 14.3 Å². The maximum atomic E-state index is 12.8. The Hall–Kier alpha value is -2.30. The Balaban J connectivity index is 2.26. The summed E-state index contributed by atoms with van der Waals surface area (Å²) in [7, 11) is 1.72. The summed E-state index contributed by atoms with van der Waals surface area (Å²) < 4.78 is 35.2. The fourth-order valence-electron chi connectivity index (χ4n) is 2.67. The number of hydrogen-bond donors (Lipinski definition) is 1. The van der Waals surface area contributed by atoms with Gasteiger partial charge in [0, 0.05) is 18.3 Å². The van der Waals surface area contributed by atoms with Crippen molar-refractivity contribution in [3.63, 3.8) is 0 Å². The van der Waals surface area contributed by atoms with E-state index in [1.165, 1.54) is 23.1 Å². The number of benzene rings is 1. The van der Waals surface area contributed by atoms with E-state index in [4.69, 9.17) is 10.5 Å². The molecular formula is C17H23F2N4O4-. The van der Waals surface area contributed by atoms with Crippen molar-refractivity contribution in [1.82, 2.24) is 4.90 Å². The largest absolute Gasteiger partial charge is 0.676 e. The fraction of sp³-hybridized carbons (Fsp3) is 0.529. The maximum Gasteiger partial charge on any atom is 0.387 e. The van der Waals surface area contributed by atoms with E-state index < -0.39 is 18.6 Å². The average Bonchev–Trinajstić information content (AvgIpc) is 2.62. The molecule has 1 atom stereocenters. The van der Waals surface area contributed by atoms with E-state index in [1.54, 1.807) is 11.9 Å². The van der Waals surface area contributed by atoms with Crippen LogP contribution in [0.15, 0.2) is 18.2 Å². The van der Waals surface area contributed by atoms with Crippen LogP contribution >= 0.6 is 0 Å². The summed E-state index contributed by atoms with van der Waals surface area (Å²) in [6.07, 6.45) is 0. The molecule has 2 N–H and O–H groups in total. The second-order valence-corrected chi connectivity index (χ2v) is 5.94. The summed E-state index contributed by atoms with van der Waals surface area (Å²) in [4.78, 5) is 27.4. The highest BCUT2D eigenvalue weighted by atomic mass is 19.3. The molecule has 0 aromatic heterocycles. The number of hydrogen-bond acceptors (Lipinski definition) is 5. The molecule has 1 saturated heterocycles. The first-order valence-electron chi connectivity index (χ1n) is 8.50. The van der Waals surface area contributed by atoms with E-state index in [1.807, 2.05) is 6.92 Å². The molecule has 1 aliphatic rings. The van der Waals surface area contributed by atoms with Crippen molar-refractivity contribution in [3.05, 3.63) is 23.9 Å². The van der Waals surface area contributed by atoms with Gasteiger partial charge in [-0.25, -0.2) is 0 Å². The molecule has 1 heterocycles. The molecule has 1 aromatic carbocycles. The first kappa shape index (κ1) is 21.0. The number of carbonyl (C=O) groups is 2. The lowest BCUT2D eigenvalue weighted by molar-refractivity contribution is -0.126. The Morgan fingerprint density at radius 2 is 2.22 bits per heavy atom. The number of nitrogens with zero attached hydrogens (tertiary/aromatic N) is 2. The standard InChI is InChI=1S/C17H23F2N4O4/c1-3-22(2)13(9-20)16(25)21-11-4-5-12(14(8-11)27-17(18)19)23-6-7-26-10-15(23)24/h4-5,8,13,17,20H,3,6-7,9-10H2,1-2H3,(H,21,25)/q-1/t13-/m1/s1. The van der Waals surface area contributed by atoms with E-state index in [-0.39, 0.29) is 49.3 Å². The van der Waals surface area contributed by atoms with Gasteiger partial charge in [0.2, 0.25) is 5.91 Å². The molecule has 150 valence electrons. The van der Waals surface area contributed by atoms with Crippen LogP contribution in [-0.4, -0.2) is 69.3 Å². The number of ether oxygens (including phenoxy) is 2. The number of halogens is 2. The van der Waals surface area contributed by atoms with Crippen LogP contribution in [0.1, 0.15) is 6.92 Å². The molecule has 0 bridgehead atoms. The van der Waals surface area contributed by atoms with Gasteiger partial charge in [0.1, 0.15) is 6.61 Å². The Labute approximate surface area is 156 Å². The Bertz CT molecular complexity index is 674. The molecule has 0 radical (unpaired) electrons. The summed E-state index contributed by atoms with van der Waals surface area (Å²) in [5.74, 6) is -1.01. The number of likely N-dealkylation sites (N-methyl/N-ethyl adjacent to an activating group) is 1. The Morgan fingerprint density at radius 3 is 2.81 bits per heavy atom. The summed E-state index contributed by atoms with van der Waals surface area (Å²) in [5, 5.41) is 2.61. The lowest BCUT2D eigenvalue weighted by atomic mass is 10.2. The van der Waals surface area contributed by atoms with E-state index in [0.29, 0.717) is 6.54 Å². The minimum Gasteiger partial charge on any atom is -0.676 e. The molecule has 1 aliphatic heterocycles. The van der Waals surface area contributed by atoms with Crippen molar-refractivity contribution in [3.8, 4) is 5.75 Å². The number of alkyl halides is 2. The van der Waals surface area contributed by atoms with Crippen LogP contribution < -0.4 is 15.0 Å².